The van der Waals surface area contributed by atoms with Crippen LogP contribution in [-0.2, 0) is 5.41 Å². The van der Waals surface area contributed by atoms with Gasteiger partial charge >= 0.3 is 0 Å². The van der Waals surface area contributed by atoms with Crippen LogP contribution in [0.5, 0.6) is 0 Å². The van der Waals surface area contributed by atoms with Gasteiger partial charge < -0.3 is 4.90 Å². The summed E-state index contributed by atoms with van der Waals surface area (Å²) < 4.78 is 0. The molecule has 1 aromatic rings. The standard InChI is InChI=1S/C26H39N/c1-25(2,3)21-14-7-12-19-22(21)20-13-8-17-27(4)24(20)23(19)26(15-9-16-26)18-10-5-6-11-18/h7,12,14,18,20,23-24H,5-6,8-11,13,15-17H2,1-4H3. The Morgan fingerprint density at radius 1 is 0.963 bits per heavy atom. The lowest BCUT2D eigenvalue weighted by atomic mass is 9.51. The van der Waals surface area contributed by atoms with Gasteiger partial charge in [-0.3, -0.25) is 0 Å². The number of benzene rings is 1. The Balaban J connectivity index is 1.68. The summed E-state index contributed by atoms with van der Waals surface area (Å²) in [6.45, 7) is 8.58. The SMILES string of the molecule is CN1CCCC2c3c(cccc3C(C)(C)C)C(C3(C4CCCC4)CCC3)C21. The van der Waals surface area contributed by atoms with Crippen LogP contribution in [0.25, 0.3) is 0 Å². The van der Waals surface area contributed by atoms with Crippen molar-refractivity contribution in [2.24, 2.45) is 11.3 Å². The van der Waals surface area contributed by atoms with Gasteiger partial charge in [-0.2, -0.15) is 0 Å². The molecular weight excluding hydrogens is 326 g/mol. The molecule has 1 nitrogen and oxygen atoms in total. The van der Waals surface area contributed by atoms with E-state index in [4.69, 9.17) is 0 Å². The third-order valence-electron chi connectivity index (χ3n) is 9.01. The largest absolute Gasteiger partial charge is 0.302 e. The van der Waals surface area contributed by atoms with Crippen LogP contribution in [0.2, 0.25) is 0 Å². The number of fused-ring (bicyclic) bond motifs is 3. The Morgan fingerprint density at radius 2 is 1.70 bits per heavy atom. The van der Waals surface area contributed by atoms with Gasteiger partial charge in [-0.05, 0) is 85.6 Å². The minimum atomic E-state index is 0.251. The molecule has 3 atom stereocenters. The first-order chi connectivity index (χ1) is 12.9. The van der Waals surface area contributed by atoms with Crippen LogP contribution in [0.1, 0.15) is 107 Å². The Hall–Kier alpha value is -0.820. The summed E-state index contributed by atoms with van der Waals surface area (Å²) in [5.74, 6) is 2.57. The molecular formula is C26H39N. The lowest BCUT2D eigenvalue weighted by Gasteiger charge is -2.55. The van der Waals surface area contributed by atoms with Crippen molar-refractivity contribution in [3.8, 4) is 0 Å². The molecule has 0 spiro atoms. The highest BCUT2D eigenvalue weighted by molar-refractivity contribution is 5.51. The maximum absolute atomic E-state index is 2.78. The summed E-state index contributed by atoms with van der Waals surface area (Å²) in [6.07, 6.45) is 13.2. The zero-order chi connectivity index (χ0) is 18.8. The first-order valence-electron chi connectivity index (χ1n) is 11.8. The zero-order valence-corrected chi connectivity index (χ0v) is 18.1. The number of rotatable bonds is 2. The maximum atomic E-state index is 2.78. The van der Waals surface area contributed by atoms with Crippen molar-refractivity contribution in [3.05, 3.63) is 34.9 Å². The molecule has 2 saturated carbocycles. The van der Waals surface area contributed by atoms with E-state index in [1.807, 2.05) is 0 Å². The van der Waals surface area contributed by atoms with Crippen LogP contribution < -0.4 is 0 Å². The van der Waals surface area contributed by atoms with Crippen molar-refractivity contribution in [1.82, 2.24) is 4.90 Å². The number of nitrogens with zero attached hydrogens (tertiary/aromatic N) is 1. The molecule has 148 valence electrons. The summed E-state index contributed by atoms with van der Waals surface area (Å²) >= 11 is 0. The number of hydrogen-bond acceptors (Lipinski definition) is 1. The predicted octanol–water partition coefficient (Wildman–Crippen LogP) is 6.62. The van der Waals surface area contributed by atoms with Crippen LogP contribution in [0.4, 0.5) is 0 Å². The lowest BCUT2D eigenvalue weighted by Crippen LogP contribution is -2.51. The summed E-state index contributed by atoms with van der Waals surface area (Å²) in [7, 11) is 2.44. The average Bonchev–Trinajstić information content (AvgIpc) is 3.22. The molecule has 1 aliphatic heterocycles. The van der Waals surface area contributed by atoms with E-state index in [0.717, 1.165) is 23.8 Å². The molecule has 1 heteroatoms. The van der Waals surface area contributed by atoms with Gasteiger partial charge in [-0.15, -0.1) is 0 Å². The predicted molar refractivity (Wildman–Crippen MR) is 115 cm³/mol. The second-order valence-corrected chi connectivity index (χ2v) is 11.3. The van der Waals surface area contributed by atoms with Crippen molar-refractivity contribution < 1.29 is 0 Å². The minimum Gasteiger partial charge on any atom is -0.302 e. The topological polar surface area (TPSA) is 3.24 Å². The summed E-state index contributed by atoms with van der Waals surface area (Å²) in [6, 6.07) is 8.16. The van der Waals surface area contributed by atoms with Gasteiger partial charge in [0.25, 0.3) is 0 Å². The van der Waals surface area contributed by atoms with Crippen LogP contribution >= 0.6 is 0 Å². The molecule has 4 aliphatic rings. The van der Waals surface area contributed by atoms with E-state index in [0.29, 0.717) is 5.41 Å². The van der Waals surface area contributed by atoms with Crippen LogP contribution in [0.3, 0.4) is 0 Å². The van der Waals surface area contributed by atoms with E-state index in [9.17, 15) is 0 Å². The third kappa shape index (κ3) is 2.60. The van der Waals surface area contributed by atoms with Gasteiger partial charge in [0.15, 0.2) is 0 Å². The summed E-state index contributed by atoms with van der Waals surface area (Å²) in [4.78, 5) is 2.78. The molecule has 5 rings (SSSR count). The molecule has 1 aromatic carbocycles. The van der Waals surface area contributed by atoms with E-state index >= 15 is 0 Å². The molecule has 3 aliphatic carbocycles. The number of likely N-dealkylation sites (N-methyl/N-ethyl adjacent to an activating group) is 1. The first kappa shape index (κ1) is 18.2. The molecule has 27 heavy (non-hydrogen) atoms. The van der Waals surface area contributed by atoms with Crippen molar-refractivity contribution in [2.45, 2.75) is 102 Å². The van der Waals surface area contributed by atoms with Gasteiger partial charge in [-0.1, -0.05) is 58.2 Å². The van der Waals surface area contributed by atoms with Crippen molar-refractivity contribution in [3.63, 3.8) is 0 Å². The Kier molecular flexibility index (Phi) is 4.28. The van der Waals surface area contributed by atoms with Crippen LogP contribution in [-0.4, -0.2) is 24.5 Å². The van der Waals surface area contributed by atoms with Gasteiger partial charge in [0, 0.05) is 17.9 Å². The minimum absolute atomic E-state index is 0.251. The molecule has 1 saturated heterocycles. The Morgan fingerprint density at radius 3 is 2.33 bits per heavy atom. The smallest absolute Gasteiger partial charge is 0.0235 e. The fraction of sp³-hybridized carbons (Fsp3) is 0.769. The molecule has 0 bridgehead atoms. The second kappa shape index (κ2) is 6.34. The number of hydrogen-bond donors (Lipinski definition) is 0. The molecule has 0 radical (unpaired) electrons. The van der Waals surface area contributed by atoms with Gasteiger partial charge in [0.1, 0.15) is 0 Å². The highest BCUT2D eigenvalue weighted by Crippen LogP contribution is 2.67. The fourth-order valence-electron chi connectivity index (χ4n) is 7.80. The van der Waals surface area contributed by atoms with E-state index in [1.54, 1.807) is 16.7 Å². The molecule has 1 heterocycles. The first-order valence-corrected chi connectivity index (χ1v) is 11.8. The van der Waals surface area contributed by atoms with Crippen molar-refractivity contribution in [1.29, 1.82) is 0 Å². The molecule has 0 N–H and O–H groups in total. The van der Waals surface area contributed by atoms with Gasteiger partial charge in [-0.25, -0.2) is 0 Å². The lowest BCUT2D eigenvalue weighted by molar-refractivity contribution is -0.0215. The molecule has 0 aromatic heterocycles. The highest BCUT2D eigenvalue weighted by Gasteiger charge is 2.59. The molecule has 0 amide bonds. The molecule has 3 fully saturated rings. The van der Waals surface area contributed by atoms with E-state index in [2.05, 4.69) is 50.9 Å². The van der Waals surface area contributed by atoms with Crippen molar-refractivity contribution >= 4 is 0 Å². The average molecular weight is 366 g/mol. The maximum Gasteiger partial charge on any atom is 0.0235 e. The second-order valence-electron chi connectivity index (χ2n) is 11.3. The molecule has 3 unspecified atom stereocenters. The number of likely N-dealkylation sites (tertiary alicyclic amines) is 1. The fourth-order valence-corrected chi connectivity index (χ4v) is 7.80. The van der Waals surface area contributed by atoms with E-state index in [-0.39, 0.29) is 5.41 Å². The highest BCUT2D eigenvalue weighted by atomic mass is 15.2. The van der Waals surface area contributed by atoms with Gasteiger partial charge in [0.05, 0.1) is 0 Å². The van der Waals surface area contributed by atoms with E-state index in [1.165, 1.54) is 64.3 Å². The van der Waals surface area contributed by atoms with Crippen LogP contribution in [0, 0.1) is 11.3 Å². The normalized spacial score (nSPS) is 33.6. The zero-order valence-electron chi connectivity index (χ0n) is 18.1. The van der Waals surface area contributed by atoms with E-state index < -0.39 is 0 Å². The summed E-state index contributed by atoms with van der Waals surface area (Å²) in [5, 5.41) is 0. The third-order valence-corrected chi connectivity index (χ3v) is 9.01. The van der Waals surface area contributed by atoms with Crippen LogP contribution in [0.15, 0.2) is 18.2 Å². The Bertz CT molecular complexity index is 701. The summed E-state index contributed by atoms with van der Waals surface area (Å²) in [5.41, 5.74) is 6.08. The van der Waals surface area contributed by atoms with Crippen molar-refractivity contribution in [2.75, 3.05) is 13.6 Å². The Labute approximate surface area is 166 Å². The van der Waals surface area contributed by atoms with Gasteiger partial charge in [0.2, 0.25) is 0 Å². The monoisotopic (exact) mass is 365 g/mol. The number of piperidine rings is 1. The quantitative estimate of drug-likeness (QED) is 0.569.